The first-order valence-electron chi connectivity index (χ1n) is 6.95. The molecule has 2 rings (SSSR count). The highest BCUT2D eigenvalue weighted by Gasteiger charge is 2.28. The first-order valence-corrected chi connectivity index (χ1v) is 8.43. The van der Waals surface area contributed by atoms with E-state index in [9.17, 15) is 21.6 Å². The molecular formula is C16H16F3NO2S. The highest BCUT2D eigenvalue weighted by Crippen LogP contribution is 2.26. The molecule has 0 amide bonds. The van der Waals surface area contributed by atoms with Gasteiger partial charge >= 0.3 is 0 Å². The van der Waals surface area contributed by atoms with Crippen LogP contribution in [0.2, 0.25) is 0 Å². The Morgan fingerprint density at radius 3 is 2.09 bits per heavy atom. The second-order valence-corrected chi connectivity index (χ2v) is 7.11. The third-order valence-corrected chi connectivity index (χ3v) is 4.86. The van der Waals surface area contributed by atoms with Crippen LogP contribution in [0.15, 0.2) is 47.4 Å². The van der Waals surface area contributed by atoms with Crippen molar-refractivity contribution in [2.45, 2.75) is 24.8 Å². The molecule has 2 aromatic rings. The molecule has 1 atom stereocenters. The second kappa shape index (κ2) is 6.72. The van der Waals surface area contributed by atoms with Crippen LogP contribution >= 0.6 is 0 Å². The van der Waals surface area contributed by atoms with Gasteiger partial charge in [-0.05, 0) is 23.6 Å². The van der Waals surface area contributed by atoms with Crippen LogP contribution in [-0.2, 0) is 10.0 Å². The summed E-state index contributed by atoms with van der Waals surface area (Å²) in [6.45, 7) is 3.59. The van der Waals surface area contributed by atoms with Gasteiger partial charge in [-0.25, -0.2) is 26.3 Å². The third-order valence-electron chi connectivity index (χ3n) is 3.40. The van der Waals surface area contributed by atoms with Crippen molar-refractivity contribution in [2.75, 3.05) is 0 Å². The molecule has 0 aliphatic heterocycles. The van der Waals surface area contributed by atoms with E-state index in [0.717, 1.165) is 0 Å². The lowest BCUT2D eigenvalue weighted by Gasteiger charge is -2.23. The van der Waals surface area contributed by atoms with Crippen molar-refractivity contribution in [1.82, 2.24) is 4.72 Å². The zero-order chi connectivity index (χ0) is 17.2. The van der Waals surface area contributed by atoms with E-state index < -0.39 is 38.4 Å². The lowest BCUT2D eigenvalue weighted by atomic mass is 9.97. The van der Waals surface area contributed by atoms with Gasteiger partial charge in [-0.2, -0.15) is 0 Å². The first kappa shape index (κ1) is 17.5. The topological polar surface area (TPSA) is 46.2 Å². The highest BCUT2D eigenvalue weighted by molar-refractivity contribution is 7.89. The van der Waals surface area contributed by atoms with E-state index in [1.807, 2.05) is 0 Å². The van der Waals surface area contributed by atoms with Crippen LogP contribution in [0.5, 0.6) is 0 Å². The molecule has 0 fully saturated rings. The Morgan fingerprint density at radius 1 is 0.913 bits per heavy atom. The monoisotopic (exact) mass is 343 g/mol. The fourth-order valence-corrected chi connectivity index (χ4v) is 3.64. The normalized spacial score (nSPS) is 13.3. The fraction of sp³-hybridized carbons (Fsp3) is 0.250. The second-order valence-electron chi connectivity index (χ2n) is 5.43. The summed E-state index contributed by atoms with van der Waals surface area (Å²) in [5.74, 6) is -5.12. The summed E-state index contributed by atoms with van der Waals surface area (Å²) in [4.78, 5) is -0.919. The maximum Gasteiger partial charge on any atom is 0.244 e. The van der Waals surface area contributed by atoms with Gasteiger partial charge in [-0.3, -0.25) is 0 Å². The molecule has 2 aromatic carbocycles. The van der Waals surface area contributed by atoms with Gasteiger partial charge < -0.3 is 0 Å². The van der Waals surface area contributed by atoms with Crippen molar-refractivity contribution >= 4 is 10.0 Å². The third kappa shape index (κ3) is 3.73. The maximum absolute atomic E-state index is 13.8. The minimum Gasteiger partial charge on any atom is -0.207 e. The standard InChI is InChI=1S/C16H16F3NO2S/c1-10(2)16(11-6-4-3-5-7-11)20-23(21,22)13-9-8-12(17)14(18)15(13)19/h3-10,16,20H,1-2H3. The largest absolute Gasteiger partial charge is 0.244 e. The average Bonchev–Trinajstić information content (AvgIpc) is 2.51. The Labute approximate surface area is 133 Å². The Bertz CT molecular complexity index is 792. The highest BCUT2D eigenvalue weighted by atomic mass is 32.2. The minimum absolute atomic E-state index is 0.138. The quantitative estimate of drug-likeness (QED) is 0.840. The molecule has 1 unspecified atom stereocenters. The molecule has 0 spiro atoms. The molecule has 124 valence electrons. The Kier molecular flexibility index (Phi) is 5.11. The zero-order valence-corrected chi connectivity index (χ0v) is 13.4. The maximum atomic E-state index is 13.8. The summed E-state index contributed by atoms with van der Waals surface area (Å²) >= 11 is 0. The molecule has 0 aliphatic rings. The van der Waals surface area contributed by atoms with Crippen LogP contribution in [0.25, 0.3) is 0 Å². The lowest BCUT2D eigenvalue weighted by Crippen LogP contribution is -2.32. The summed E-state index contributed by atoms with van der Waals surface area (Å²) in [5, 5.41) is 0. The van der Waals surface area contributed by atoms with Crippen molar-refractivity contribution in [3.63, 3.8) is 0 Å². The average molecular weight is 343 g/mol. The van der Waals surface area contributed by atoms with E-state index in [0.29, 0.717) is 17.7 Å². The molecular weight excluding hydrogens is 327 g/mol. The SMILES string of the molecule is CC(C)C(NS(=O)(=O)c1ccc(F)c(F)c1F)c1ccccc1. The summed E-state index contributed by atoms with van der Waals surface area (Å²) in [5.41, 5.74) is 0.689. The molecule has 0 aliphatic carbocycles. The van der Waals surface area contributed by atoms with Crippen LogP contribution in [0.4, 0.5) is 13.2 Å². The number of nitrogens with one attached hydrogen (secondary N) is 1. The molecule has 23 heavy (non-hydrogen) atoms. The number of benzene rings is 2. The molecule has 0 heterocycles. The summed E-state index contributed by atoms with van der Waals surface area (Å²) < 4.78 is 67.1. The fourth-order valence-electron chi connectivity index (χ4n) is 2.20. The van der Waals surface area contributed by atoms with Crippen LogP contribution in [-0.4, -0.2) is 8.42 Å². The van der Waals surface area contributed by atoms with Gasteiger partial charge in [0.25, 0.3) is 0 Å². The summed E-state index contributed by atoms with van der Waals surface area (Å²) in [6, 6.07) is 9.40. The van der Waals surface area contributed by atoms with Gasteiger partial charge in [-0.1, -0.05) is 44.2 Å². The molecule has 0 radical (unpaired) electrons. The number of hydrogen-bond acceptors (Lipinski definition) is 2. The van der Waals surface area contributed by atoms with Gasteiger partial charge in [-0.15, -0.1) is 0 Å². The van der Waals surface area contributed by atoms with Gasteiger partial charge in [0.2, 0.25) is 10.0 Å². The Balaban J connectivity index is 2.42. The van der Waals surface area contributed by atoms with Crippen LogP contribution in [0.3, 0.4) is 0 Å². The molecule has 0 aromatic heterocycles. The van der Waals surface area contributed by atoms with Crippen molar-refractivity contribution in [2.24, 2.45) is 5.92 Å². The van der Waals surface area contributed by atoms with Crippen molar-refractivity contribution in [3.05, 3.63) is 65.5 Å². The molecule has 0 saturated heterocycles. The van der Waals surface area contributed by atoms with E-state index in [-0.39, 0.29) is 5.92 Å². The van der Waals surface area contributed by atoms with E-state index >= 15 is 0 Å². The van der Waals surface area contributed by atoms with E-state index in [2.05, 4.69) is 4.72 Å². The van der Waals surface area contributed by atoms with Crippen LogP contribution in [0, 0.1) is 23.4 Å². The minimum atomic E-state index is -4.35. The predicted molar refractivity (Wildman–Crippen MR) is 80.7 cm³/mol. The number of rotatable bonds is 5. The van der Waals surface area contributed by atoms with Gasteiger partial charge in [0, 0.05) is 6.04 Å². The molecule has 3 nitrogen and oxygen atoms in total. The summed E-state index contributed by atoms with van der Waals surface area (Å²) in [7, 11) is -4.35. The van der Waals surface area contributed by atoms with Crippen molar-refractivity contribution < 1.29 is 21.6 Å². The van der Waals surface area contributed by atoms with Crippen LogP contribution < -0.4 is 4.72 Å². The lowest BCUT2D eigenvalue weighted by molar-refractivity contribution is 0.427. The predicted octanol–water partition coefficient (Wildman–Crippen LogP) is 3.78. The van der Waals surface area contributed by atoms with Crippen LogP contribution in [0.1, 0.15) is 25.5 Å². The van der Waals surface area contributed by atoms with E-state index in [1.165, 1.54) is 0 Å². The number of hydrogen-bond donors (Lipinski definition) is 1. The molecule has 7 heteroatoms. The zero-order valence-electron chi connectivity index (χ0n) is 12.6. The molecule has 0 bridgehead atoms. The number of halogens is 3. The Morgan fingerprint density at radius 2 is 1.52 bits per heavy atom. The number of sulfonamides is 1. The van der Waals surface area contributed by atoms with E-state index in [1.54, 1.807) is 44.2 Å². The molecule has 1 N–H and O–H groups in total. The van der Waals surface area contributed by atoms with Gasteiger partial charge in [0.05, 0.1) is 0 Å². The van der Waals surface area contributed by atoms with Gasteiger partial charge in [0.1, 0.15) is 4.90 Å². The smallest absolute Gasteiger partial charge is 0.207 e. The van der Waals surface area contributed by atoms with Crippen molar-refractivity contribution in [3.8, 4) is 0 Å². The van der Waals surface area contributed by atoms with Crippen molar-refractivity contribution in [1.29, 1.82) is 0 Å². The Hall–Kier alpha value is -1.86. The van der Waals surface area contributed by atoms with Gasteiger partial charge in [0.15, 0.2) is 17.5 Å². The summed E-state index contributed by atoms with van der Waals surface area (Å²) in [6.07, 6.45) is 0. The first-order chi connectivity index (χ1) is 10.7. The molecule has 0 saturated carbocycles. The van der Waals surface area contributed by atoms with E-state index in [4.69, 9.17) is 0 Å².